The number of rotatable bonds is 6. The Morgan fingerprint density at radius 3 is 2.62 bits per heavy atom. The summed E-state index contributed by atoms with van der Waals surface area (Å²) in [5, 5.41) is 4.50. The molecule has 0 saturated heterocycles. The van der Waals surface area contributed by atoms with Crippen LogP contribution in [0.1, 0.15) is 44.3 Å². The normalized spacial score (nSPS) is 14.3. The second kappa shape index (κ2) is 5.68. The van der Waals surface area contributed by atoms with Gasteiger partial charge in [0.1, 0.15) is 11.6 Å². The van der Waals surface area contributed by atoms with Crippen LogP contribution in [-0.2, 0) is 11.3 Å². The number of Topliss-reactive ketones (excluding diaryl/α,β-unsaturated/α-hetero) is 1. The monoisotopic (exact) mass is 285 g/mol. The van der Waals surface area contributed by atoms with E-state index in [4.69, 9.17) is 0 Å². The van der Waals surface area contributed by atoms with E-state index in [-0.39, 0.29) is 11.5 Å². The molecule has 2 aromatic rings. The van der Waals surface area contributed by atoms with Crippen molar-refractivity contribution in [2.24, 2.45) is 0 Å². The summed E-state index contributed by atoms with van der Waals surface area (Å²) >= 11 is 0. The Hall–Kier alpha value is -2.17. The number of aromatic nitrogens is 3. The van der Waals surface area contributed by atoms with E-state index in [1.807, 2.05) is 30.3 Å². The van der Waals surface area contributed by atoms with Crippen LogP contribution in [0.15, 0.2) is 35.1 Å². The average Bonchev–Trinajstić information content (AvgIpc) is 3.25. The molecule has 0 N–H and O–H groups in total. The number of hydrogen-bond donors (Lipinski definition) is 0. The van der Waals surface area contributed by atoms with Crippen molar-refractivity contribution in [3.8, 4) is 5.69 Å². The van der Waals surface area contributed by atoms with Crippen molar-refractivity contribution in [1.82, 2.24) is 14.3 Å². The Balaban J connectivity index is 1.93. The number of ketones is 1. The molecule has 1 aliphatic carbocycles. The highest BCUT2D eigenvalue weighted by Crippen LogP contribution is 2.39. The highest BCUT2D eigenvalue weighted by molar-refractivity contribution is 5.75. The van der Waals surface area contributed by atoms with E-state index in [1.54, 1.807) is 11.5 Å². The molecule has 0 amide bonds. The quantitative estimate of drug-likeness (QED) is 0.818. The van der Waals surface area contributed by atoms with Crippen LogP contribution in [0.25, 0.3) is 5.69 Å². The minimum Gasteiger partial charge on any atom is -0.300 e. The number of benzene rings is 1. The van der Waals surface area contributed by atoms with Crippen LogP contribution < -0.4 is 5.69 Å². The summed E-state index contributed by atoms with van der Waals surface area (Å²) in [5.41, 5.74) is 0.758. The van der Waals surface area contributed by atoms with E-state index in [9.17, 15) is 9.59 Å². The molecule has 5 nitrogen and oxygen atoms in total. The van der Waals surface area contributed by atoms with Gasteiger partial charge in [-0.2, -0.15) is 5.10 Å². The molecular formula is C16H19N3O2. The zero-order chi connectivity index (χ0) is 14.8. The third kappa shape index (κ3) is 2.96. The number of carbonyl (C=O) groups excluding carboxylic acids is 1. The van der Waals surface area contributed by atoms with Crippen molar-refractivity contribution in [1.29, 1.82) is 0 Å². The van der Waals surface area contributed by atoms with Gasteiger partial charge in [-0.1, -0.05) is 18.2 Å². The Labute approximate surface area is 123 Å². The van der Waals surface area contributed by atoms with Crippen molar-refractivity contribution in [3.63, 3.8) is 0 Å². The molecule has 0 atom stereocenters. The molecule has 1 fully saturated rings. The van der Waals surface area contributed by atoms with E-state index >= 15 is 0 Å². The van der Waals surface area contributed by atoms with Crippen LogP contribution in [-0.4, -0.2) is 20.1 Å². The highest BCUT2D eigenvalue weighted by atomic mass is 16.2. The predicted molar refractivity (Wildman–Crippen MR) is 79.7 cm³/mol. The molecule has 0 spiro atoms. The maximum Gasteiger partial charge on any atom is 0.350 e. The van der Waals surface area contributed by atoms with E-state index in [0.29, 0.717) is 25.3 Å². The Morgan fingerprint density at radius 2 is 2.00 bits per heavy atom. The summed E-state index contributed by atoms with van der Waals surface area (Å²) in [6.45, 7) is 2.07. The van der Waals surface area contributed by atoms with Gasteiger partial charge in [0.15, 0.2) is 0 Å². The zero-order valence-corrected chi connectivity index (χ0v) is 12.2. The van der Waals surface area contributed by atoms with Crippen molar-refractivity contribution in [2.75, 3.05) is 0 Å². The van der Waals surface area contributed by atoms with Gasteiger partial charge >= 0.3 is 5.69 Å². The van der Waals surface area contributed by atoms with Crippen LogP contribution in [0, 0.1) is 0 Å². The number of hydrogen-bond acceptors (Lipinski definition) is 3. The fourth-order valence-electron chi connectivity index (χ4n) is 2.47. The first-order valence-electron chi connectivity index (χ1n) is 7.41. The molecule has 1 aromatic carbocycles. The van der Waals surface area contributed by atoms with Crippen LogP contribution in [0.2, 0.25) is 0 Å². The first-order valence-corrected chi connectivity index (χ1v) is 7.41. The number of para-hydroxylation sites is 1. The van der Waals surface area contributed by atoms with Gasteiger partial charge in [0, 0.05) is 18.9 Å². The standard InChI is InChI=1S/C16H19N3O2/c1-12(20)6-5-11-18-16(21)19(14-7-3-2-4-8-14)15(17-18)13-9-10-13/h2-4,7-8,13H,5-6,9-11H2,1H3. The van der Waals surface area contributed by atoms with Crippen molar-refractivity contribution in [2.45, 2.75) is 45.1 Å². The van der Waals surface area contributed by atoms with E-state index in [1.165, 1.54) is 4.68 Å². The molecule has 0 radical (unpaired) electrons. The van der Waals surface area contributed by atoms with Crippen molar-refractivity contribution < 1.29 is 4.79 Å². The summed E-state index contributed by atoms with van der Waals surface area (Å²) in [4.78, 5) is 23.6. The van der Waals surface area contributed by atoms with Crippen molar-refractivity contribution >= 4 is 5.78 Å². The minimum absolute atomic E-state index is 0.105. The third-order valence-corrected chi connectivity index (χ3v) is 3.72. The largest absolute Gasteiger partial charge is 0.350 e. The first kappa shape index (κ1) is 13.8. The predicted octanol–water partition coefficient (Wildman–Crippen LogP) is 2.28. The maximum atomic E-state index is 12.6. The van der Waals surface area contributed by atoms with Gasteiger partial charge in [-0.3, -0.25) is 0 Å². The first-order chi connectivity index (χ1) is 10.2. The molecule has 0 aliphatic heterocycles. The van der Waals surface area contributed by atoms with Crippen molar-refractivity contribution in [3.05, 3.63) is 46.6 Å². The molecule has 1 aromatic heterocycles. The lowest BCUT2D eigenvalue weighted by atomic mass is 10.2. The summed E-state index contributed by atoms with van der Waals surface area (Å²) < 4.78 is 3.22. The van der Waals surface area contributed by atoms with Crippen LogP contribution >= 0.6 is 0 Å². The van der Waals surface area contributed by atoms with Crippen LogP contribution in [0.3, 0.4) is 0 Å². The zero-order valence-electron chi connectivity index (χ0n) is 12.2. The molecule has 110 valence electrons. The molecular weight excluding hydrogens is 266 g/mol. The molecule has 1 aliphatic rings. The second-order valence-corrected chi connectivity index (χ2v) is 5.61. The fraction of sp³-hybridized carbons (Fsp3) is 0.438. The van der Waals surface area contributed by atoms with Gasteiger partial charge in [-0.15, -0.1) is 0 Å². The SMILES string of the molecule is CC(=O)CCCn1nc(C2CC2)n(-c2ccccc2)c1=O. The molecule has 21 heavy (non-hydrogen) atoms. The van der Waals surface area contributed by atoms with Gasteiger partial charge in [-0.25, -0.2) is 14.0 Å². The molecule has 3 rings (SSSR count). The fourth-order valence-corrected chi connectivity index (χ4v) is 2.47. The number of nitrogens with zero attached hydrogens (tertiary/aromatic N) is 3. The summed E-state index contributed by atoms with van der Waals surface area (Å²) in [6.07, 6.45) is 3.34. The number of aryl methyl sites for hydroxylation is 1. The van der Waals surface area contributed by atoms with Gasteiger partial charge in [0.05, 0.1) is 5.69 Å². The lowest BCUT2D eigenvalue weighted by Gasteiger charge is -2.03. The Kier molecular flexibility index (Phi) is 3.73. The summed E-state index contributed by atoms with van der Waals surface area (Å²) in [5.74, 6) is 1.40. The molecule has 5 heteroatoms. The third-order valence-electron chi connectivity index (χ3n) is 3.72. The molecule has 1 saturated carbocycles. The van der Waals surface area contributed by atoms with Crippen LogP contribution in [0.5, 0.6) is 0 Å². The highest BCUT2D eigenvalue weighted by Gasteiger charge is 2.31. The van der Waals surface area contributed by atoms with E-state index in [0.717, 1.165) is 24.4 Å². The summed E-state index contributed by atoms with van der Waals surface area (Å²) in [6, 6.07) is 9.63. The smallest absolute Gasteiger partial charge is 0.300 e. The Morgan fingerprint density at radius 1 is 1.29 bits per heavy atom. The van der Waals surface area contributed by atoms with E-state index in [2.05, 4.69) is 5.10 Å². The Bertz CT molecular complexity index is 696. The summed E-state index contributed by atoms with van der Waals surface area (Å²) in [7, 11) is 0. The minimum atomic E-state index is -0.105. The van der Waals surface area contributed by atoms with Gasteiger partial charge in [0.25, 0.3) is 0 Å². The van der Waals surface area contributed by atoms with Gasteiger partial charge in [0.2, 0.25) is 0 Å². The van der Waals surface area contributed by atoms with Gasteiger partial charge in [-0.05, 0) is 38.3 Å². The lowest BCUT2D eigenvalue weighted by molar-refractivity contribution is -0.117. The van der Waals surface area contributed by atoms with Gasteiger partial charge < -0.3 is 4.79 Å². The van der Waals surface area contributed by atoms with Crippen LogP contribution in [0.4, 0.5) is 0 Å². The molecule has 1 heterocycles. The topological polar surface area (TPSA) is 56.9 Å². The number of carbonyl (C=O) groups is 1. The van der Waals surface area contributed by atoms with E-state index < -0.39 is 0 Å². The molecule has 0 bridgehead atoms. The second-order valence-electron chi connectivity index (χ2n) is 5.61. The average molecular weight is 285 g/mol. The lowest BCUT2D eigenvalue weighted by Crippen LogP contribution is -2.24. The maximum absolute atomic E-state index is 12.6. The molecule has 0 unspecified atom stereocenters.